The van der Waals surface area contributed by atoms with E-state index < -0.39 is 0 Å². The predicted molar refractivity (Wildman–Crippen MR) is 81.1 cm³/mol. The van der Waals surface area contributed by atoms with Gasteiger partial charge in [-0.2, -0.15) is 0 Å². The summed E-state index contributed by atoms with van der Waals surface area (Å²) in [5, 5.41) is 4.29. The molecule has 0 aliphatic carbocycles. The normalized spacial score (nSPS) is 16.7. The number of halogens is 1. The van der Waals surface area contributed by atoms with Crippen molar-refractivity contribution in [3.63, 3.8) is 0 Å². The fraction of sp³-hybridized carbons (Fsp3) is 0.600. The van der Waals surface area contributed by atoms with Crippen LogP contribution in [0.25, 0.3) is 0 Å². The number of nitrogens with zero attached hydrogens (tertiary/aromatic N) is 1. The lowest BCUT2D eigenvalue weighted by Crippen LogP contribution is -2.36. The maximum absolute atomic E-state index is 6.38. The molecule has 3 nitrogen and oxygen atoms in total. The van der Waals surface area contributed by atoms with Gasteiger partial charge in [-0.3, -0.25) is 0 Å². The molecule has 1 aromatic carbocycles. The van der Waals surface area contributed by atoms with E-state index in [2.05, 4.69) is 49.2 Å². The molecule has 1 aliphatic rings. The molecule has 0 saturated carbocycles. The SMILES string of the molecule is CC(C)(C)NCc1ccc(N2CCOCC2)cc1Cl. The molecule has 1 heterocycles. The second-order valence-electron chi connectivity index (χ2n) is 5.98. The molecule has 0 radical (unpaired) electrons. The fourth-order valence-corrected chi connectivity index (χ4v) is 2.30. The first-order valence-corrected chi connectivity index (χ1v) is 7.20. The van der Waals surface area contributed by atoms with Crippen LogP contribution >= 0.6 is 11.6 Å². The van der Waals surface area contributed by atoms with E-state index in [1.807, 2.05) is 0 Å². The molecule has 1 saturated heterocycles. The Morgan fingerprint density at radius 2 is 1.95 bits per heavy atom. The minimum absolute atomic E-state index is 0.103. The highest BCUT2D eigenvalue weighted by molar-refractivity contribution is 6.31. The summed E-state index contributed by atoms with van der Waals surface area (Å²) in [5.74, 6) is 0. The average Bonchev–Trinajstić information content (AvgIpc) is 2.37. The third kappa shape index (κ3) is 4.37. The van der Waals surface area contributed by atoms with Crippen molar-refractivity contribution in [2.75, 3.05) is 31.2 Å². The minimum Gasteiger partial charge on any atom is -0.378 e. The van der Waals surface area contributed by atoms with Crippen molar-refractivity contribution >= 4 is 17.3 Å². The summed E-state index contributed by atoms with van der Waals surface area (Å²) in [5.41, 5.74) is 2.44. The van der Waals surface area contributed by atoms with Crippen LogP contribution in [0.2, 0.25) is 5.02 Å². The van der Waals surface area contributed by atoms with Crippen LogP contribution in [0.3, 0.4) is 0 Å². The summed E-state index contributed by atoms with van der Waals surface area (Å²) < 4.78 is 5.37. The Bertz CT molecular complexity index is 423. The highest BCUT2D eigenvalue weighted by Crippen LogP contribution is 2.24. The number of hydrogen-bond acceptors (Lipinski definition) is 3. The Hall–Kier alpha value is -0.770. The first kappa shape index (κ1) is 14.6. The lowest BCUT2D eigenvalue weighted by Gasteiger charge is -2.29. The number of rotatable bonds is 3. The maximum atomic E-state index is 6.38. The van der Waals surface area contributed by atoms with Crippen molar-refractivity contribution < 1.29 is 4.74 Å². The lowest BCUT2D eigenvalue weighted by atomic mass is 10.1. The van der Waals surface area contributed by atoms with Crippen LogP contribution in [0.15, 0.2) is 18.2 Å². The molecule has 1 aliphatic heterocycles. The van der Waals surface area contributed by atoms with Gasteiger partial charge in [-0.05, 0) is 38.5 Å². The molecule has 1 fully saturated rings. The summed E-state index contributed by atoms with van der Waals surface area (Å²) in [4.78, 5) is 2.32. The van der Waals surface area contributed by atoms with Gasteiger partial charge >= 0.3 is 0 Å². The highest BCUT2D eigenvalue weighted by atomic mass is 35.5. The Labute approximate surface area is 120 Å². The molecule has 0 spiro atoms. The summed E-state index contributed by atoms with van der Waals surface area (Å²) in [6.45, 7) is 10.7. The van der Waals surface area contributed by atoms with Gasteiger partial charge < -0.3 is 15.0 Å². The smallest absolute Gasteiger partial charge is 0.0642 e. The topological polar surface area (TPSA) is 24.5 Å². The second kappa shape index (κ2) is 6.12. The Morgan fingerprint density at radius 1 is 1.26 bits per heavy atom. The third-order valence-corrected chi connectivity index (χ3v) is 3.57. The van der Waals surface area contributed by atoms with Crippen molar-refractivity contribution in [2.24, 2.45) is 0 Å². The van der Waals surface area contributed by atoms with E-state index in [4.69, 9.17) is 16.3 Å². The van der Waals surface area contributed by atoms with E-state index in [0.717, 1.165) is 43.4 Å². The lowest BCUT2D eigenvalue weighted by molar-refractivity contribution is 0.122. The number of ether oxygens (including phenoxy) is 1. The summed E-state index contributed by atoms with van der Waals surface area (Å²) in [6, 6.07) is 6.33. The molecule has 2 rings (SSSR count). The van der Waals surface area contributed by atoms with Crippen LogP contribution in [-0.4, -0.2) is 31.8 Å². The molecule has 0 bridgehead atoms. The molecule has 19 heavy (non-hydrogen) atoms. The maximum Gasteiger partial charge on any atom is 0.0642 e. The zero-order chi connectivity index (χ0) is 13.9. The van der Waals surface area contributed by atoms with Gasteiger partial charge in [0.15, 0.2) is 0 Å². The number of anilines is 1. The van der Waals surface area contributed by atoms with Crippen LogP contribution < -0.4 is 10.2 Å². The summed E-state index contributed by atoms with van der Waals surface area (Å²) in [6.07, 6.45) is 0. The van der Waals surface area contributed by atoms with Crippen molar-refractivity contribution in [2.45, 2.75) is 32.9 Å². The zero-order valence-corrected chi connectivity index (χ0v) is 12.8. The van der Waals surface area contributed by atoms with Crippen molar-refractivity contribution in [3.8, 4) is 0 Å². The molecule has 1 N–H and O–H groups in total. The molecule has 0 unspecified atom stereocenters. The van der Waals surface area contributed by atoms with Crippen LogP contribution in [0.1, 0.15) is 26.3 Å². The van der Waals surface area contributed by atoms with Crippen molar-refractivity contribution in [1.29, 1.82) is 0 Å². The van der Waals surface area contributed by atoms with Crippen LogP contribution in [0.5, 0.6) is 0 Å². The van der Waals surface area contributed by atoms with Crippen LogP contribution in [0.4, 0.5) is 5.69 Å². The number of benzene rings is 1. The Kier molecular flexibility index (Phi) is 4.71. The van der Waals surface area contributed by atoms with E-state index in [0.29, 0.717) is 0 Å². The quantitative estimate of drug-likeness (QED) is 0.922. The first-order chi connectivity index (χ1) is 8.96. The standard InChI is InChI=1S/C15H23ClN2O/c1-15(2,3)17-11-12-4-5-13(10-14(12)16)18-6-8-19-9-7-18/h4-5,10,17H,6-9,11H2,1-3H3. The van der Waals surface area contributed by atoms with E-state index >= 15 is 0 Å². The average molecular weight is 283 g/mol. The molecule has 0 amide bonds. The fourth-order valence-electron chi connectivity index (χ4n) is 2.06. The summed E-state index contributed by atoms with van der Waals surface area (Å²) >= 11 is 6.38. The van der Waals surface area contributed by atoms with Crippen molar-refractivity contribution in [3.05, 3.63) is 28.8 Å². The van der Waals surface area contributed by atoms with Gasteiger partial charge in [0.2, 0.25) is 0 Å². The van der Waals surface area contributed by atoms with Crippen LogP contribution in [0, 0.1) is 0 Å². The molecule has 106 valence electrons. The first-order valence-electron chi connectivity index (χ1n) is 6.82. The van der Waals surface area contributed by atoms with Crippen molar-refractivity contribution in [1.82, 2.24) is 5.32 Å². The van der Waals surface area contributed by atoms with Gasteiger partial charge in [0.05, 0.1) is 13.2 Å². The van der Waals surface area contributed by atoms with E-state index in [1.54, 1.807) is 0 Å². The van der Waals surface area contributed by atoms with Gasteiger partial charge in [-0.25, -0.2) is 0 Å². The second-order valence-corrected chi connectivity index (χ2v) is 6.39. The van der Waals surface area contributed by atoms with Crippen LogP contribution in [-0.2, 0) is 11.3 Å². The van der Waals surface area contributed by atoms with E-state index in [1.165, 1.54) is 5.69 Å². The highest BCUT2D eigenvalue weighted by Gasteiger charge is 2.14. The number of hydrogen-bond donors (Lipinski definition) is 1. The molecular formula is C15H23ClN2O. The molecular weight excluding hydrogens is 260 g/mol. The predicted octanol–water partition coefficient (Wildman–Crippen LogP) is 3.06. The number of nitrogens with one attached hydrogen (secondary N) is 1. The Morgan fingerprint density at radius 3 is 2.53 bits per heavy atom. The Balaban J connectivity index is 2.04. The third-order valence-electron chi connectivity index (χ3n) is 3.22. The molecule has 4 heteroatoms. The van der Waals surface area contributed by atoms with Gasteiger partial charge in [-0.1, -0.05) is 17.7 Å². The largest absolute Gasteiger partial charge is 0.378 e. The van der Waals surface area contributed by atoms with E-state index in [-0.39, 0.29) is 5.54 Å². The molecule has 0 aromatic heterocycles. The summed E-state index contributed by atoms with van der Waals surface area (Å²) in [7, 11) is 0. The van der Waals surface area contributed by atoms with Gasteiger partial charge in [0.1, 0.15) is 0 Å². The minimum atomic E-state index is 0.103. The molecule has 0 atom stereocenters. The zero-order valence-electron chi connectivity index (χ0n) is 12.0. The van der Waals surface area contributed by atoms with Gasteiger partial charge in [-0.15, -0.1) is 0 Å². The van der Waals surface area contributed by atoms with Gasteiger partial charge in [0, 0.05) is 35.9 Å². The monoisotopic (exact) mass is 282 g/mol. The van der Waals surface area contributed by atoms with E-state index in [9.17, 15) is 0 Å². The number of morpholine rings is 1. The molecule has 1 aromatic rings. The van der Waals surface area contributed by atoms with Gasteiger partial charge in [0.25, 0.3) is 0 Å².